The number of carbonyl (C=O) groups excluding carboxylic acids is 6. The number of esters is 6. The molecule has 25 atom stereocenters. The monoisotopic (exact) mass is 1690 g/mol. The molecule has 32 nitrogen and oxygen atoms in total. The summed E-state index contributed by atoms with van der Waals surface area (Å²) in [6, 6.07) is 0. The van der Waals surface area contributed by atoms with E-state index in [1.807, 2.05) is 0 Å². The predicted molar refractivity (Wildman–Crippen MR) is 432 cm³/mol. The van der Waals surface area contributed by atoms with Gasteiger partial charge in [0.2, 0.25) is 0 Å². The van der Waals surface area contributed by atoms with Crippen LogP contribution in [-0.2, 0) is 147 Å². The van der Waals surface area contributed by atoms with E-state index < -0.39 is 223 Å². The van der Waals surface area contributed by atoms with E-state index in [9.17, 15) is 29.1 Å². The van der Waals surface area contributed by atoms with Crippen LogP contribution in [0.4, 0.5) is 0 Å². The quantitative estimate of drug-likeness (QED) is 0.0257. The summed E-state index contributed by atoms with van der Waals surface area (Å²) < 4.78 is 165. The van der Waals surface area contributed by atoms with Crippen LogP contribution in [0, 0.1) is 27.1 Å². The van der Waals surface area contributed by atoms with Crippen molar-refractivity contribution in [2.75, 3.05) is 99.1 Å². The van der Waals surface area contributed by atoms with Gasteiger partial charge >= 0.3 is 35.8 Å². The molecule has 0 unspecified atom stereocenters. The topological polar surface area (TPSA) is 353 Å². The summed E-state index contributed by atoms with van der Waals surface area (Å²) in [5.74, 6) is -4.64. The van der Waals surface area contributed by atoms with E-state index in [1.165, 1.54) is 67.7 Å². The SMILES string of the molecule is C=CCOC[C@H]1O[C@@H](O)[C@H](OC(=O)C(C)(C)C)[C@@H](OCC=C)[C@H]1O[C@@H]1O[C@H](COCC=C)[C@H](O[C@@H]2O[C@H](COCC=C)[C@H](O[C@@H]3O[C@H](COCC=C)[C@H](O[C@@H]4O[C@H](COCC=C)[C@H](OC(C)=O)[C@H](OCC=C)[C@H]4OC(=O)C(C)(C)C)[C@H](OCC=C)[C@H]3OC(=O)C(C)(C)C)[C@H](OCC=C)[C@H]2OC(=O)C(C)(C)C)[C@H](OCC=C)[C@H]1OC(=O)C(C)(C)C. The summed E-state index contributed by atoms with van der Waals surface area (Å²) in [4.78, 5) is 86.0. The van der Waals surface area contributed by atoms with Gasteiger partial charge in [-0.3, -0.25) is 28.8 Å². The van der Waals surface area contributed by atoms with E-state index in [-0.39, 0.29) is 92.5 Å². The number of carbonyl (C=O) groups is 6. The average molecular weight is 1690 g/mol. The van der Waals surface area contributed by atoms with Crippen molar-refractivity contribution in [1.29, 1.82) is 0 Å². The second-order valence-electron chi connectivity index (χ2n) is 33.9. The van der Waals surface area contributed by atoms with Gasteiger partial charge in [-0.2, -0.15) is 0 Å². The summed E-state index contributed by atoms with van der Waals surface area (Å²) in [6.45, 7) is 61.2. The number of aliphatic hydroxyl groups is 1. The number of aliphatic hydroxyl groups excluding tert-OH is 1. The van der Waals surface area contributed by atoms with Gasteiger partial charge in [0.25, 0.3) is 0 Å². The molecule has 0 saturated carbocycles. The molecule has 5 heterocycles. The summed E-state index contributed by atoms with van der Waals surface area (Å²) in [6.07, 6.45) is -24.2. The Bertz CT molecular complexity index is 3270. The fraction of sp³-hybridized carbons (Fsp3) is 0.701. The lowest BCUT2D eigenvalue weighted by Crippen LogP contribution is -2.70. The molecule has 0 bridgehead atoms. The van der Waals surface area contributed by atoms with Gasteiger partial charge in [0.15, 0.2) is 68.1 Å². The minimum Gasteiger partial charge on any atom is -0.457 e. The molecule has 0 aliphatic carbocycles. The van der Waals surface area contributed by atoms with Crippen LogP contribution in [0.5, 0.6) is 0 Å². The van der Waals surface area contributed by atoms with Gasteiger partial charge in [0.1, 0.15) is 85.5 Å². The Hall–Kier alpha value is -6.58. The molecule has 1 N–H and O–H groups in total. The van der Waals surface area contributed by atoms with Crippen molar-refractivity contribution in [3.05, 3.63) is 127 Å². The van der Waals surface area contributed by atoms with Gasteiger partial charge in [-0.05, 0) is 104 Å². The highest BCUT2D eigenvalue weighted by Crippen LogP contribution is 2.43. The average Bonchev–Trinajstić information content (AvgIpc) is 0.760. The van der Waals surface area contributed by atoms with E-state index in [4.69, 9.17) is 118 Å². The molecule has 0 aromatic heterocycles. The Labute approximate surface area is 702 Å². The lowest BCUT2D eigenvalue weighted by Gasteiger charge is -2.52. The van der Waals surface area contributed by atoms with Crippen molar-refractivity contribution in [3.63, 3.8) is 0 Å². The number of rotatable bonds is 49. The Morgan fingerprint density at radius 2 is 0.445 bits per heavy atom. The number of ether oxygens (including phenoxy) is 25. The van der Waals surface area contributed by atoms with Crippen LogP contribution >= 0.6 is 0 Å². The summed E-state index contributed by atoms with van der Waals surface area (Å²) in [5, 5.41) is 11.8. The lowest BCUT2D eigenvalue weighted by molar-refractivity contribution is -0.398. The number of hydrogen-bond donors (Lipinski definition) is 1. The van der Waals surface area contributed by atoms with Crippen molar-refractivity contribution < 1.29 is 152 Å². The Morgan fingerprint density at radius 1 is 0.261 bits per heavy atom. The van der Waals surface area contributed by atoms with Crippen molar-refractivity contribution in [2.45, 2.75) is 264 Å². The van der Waals surface area contributed by atoms with Crippen LogP contribution in [0.3, 0.4) is 0 Å². The molecule has 32 heteroatoms. The molecule has 674 valence electrons. The summed E-state index contributed by atoms with van der Waals surface area (Å²) in [5.41, 5.74) is -6.05. The summed E-state index contributed by atoms with van der Waals surface area (Å²) in [7, 11) is 0. The molecule has 0 radical (unpaired) electrons. The Morgan fingerprint density at radius 3 is 0.647 bits per heavy atom. The van der Waals surface area contributed by atoms with Crippen LogP contribution in [0.25, 0.3) is 0 Å². The van der Waals surface area contributed by atoms with Crippen molar-refractivity contribution in [3.8, 4) is 0 Å². The molecular weight excluding hydrogens is 1560 g/mol. The Kier molecular flexibility index (Phi) is 42.4. The van der Waals surface area contributed by atoms with E-state index in [1.54, 1.807) is 104 Å². The van der Waals surface area contributed by atoms with E-state index in [0.717, 1.165) is 0 Å². The zero-order valence-corrected chi connectivity index (χ0v) is 72.5. The van der Waals surface area contributed by atoms with Crippen LogP contribution in [0.2, 0.25) is 0 Å². The molecule has 0 aromatic carbocycles. The van der Waals surface area contributed by atoms with Crippen LogP contribution in [-0.4, -0.2) is 294 Å². The van der Waals surface area contributed by atoms with E-state index in [2.05, 4.69) is 65.8 Å². The first-order chi connectivity index (χ1) is 56.1. The van der Waals surface area contributed by atoms with Crippen molar-refractivity contribution >= 4 is 35.8 Å². The molecule has 119 heavy (non-hydrogen) atoms. The van der Waals surface area contributed by atoms with E-state index >= 15 is 4.79 Å². The molecule has 0 amide bonds. The van der Waals surface area contributed by atoms with Gasteiger partial charge in [0.05, 0.1) is 126 Å². The lowest BCUT2D eigenvalue weighted by atomic mass is 9.93. The molecule has 5 aliphatic heterocycles. The summed E-state index contributed by atoms with van der Waals surface area (Å²) >= 11 is 0. The highest BCUT2D eigenvalue weighted by atomic mass is 16.8. The molecule has 5 rings (SSSR count). The first kappa shape index (κ1) is 103. The normalized spacial score (nSPS) is 31.3. The maximum atomic E-state index is 15.1. The number of hydrogen-bond acceptors (Lipinski definition) is 32. The van der Waals surface area contributed by atoms with Gasteiger partial charge < -0.3 is 124 Å². The third kappa shape index (κ3) is 30.7. The highest BCUT2D eigenvalue weighted by molar-refractivity contribution is 5.77. The Balaban J connectivity index is 1.85. The predicted octanol–water partition coefficient (Wildman–Crippen LogP) is 8.73. The van der Waals surface area contributed by atoms with Gasteiger partial charge in [-0.1, -0.05) is 60.8 Å². The fourth-order valence-electron chi connectivity index (χ4n) is 12.4. The van der Waals surface area contributed by atoms with E-state index in [0.29, 0.717) is 0 Å². The third-order valence-electron chi connectivity index (χ3n) is 18.3. The smallest absolute Gasteiger partial charge is 0.311 e. The molecule has 5 aliphatic rings. The molecule has 0 aromatic rings. The van der Waals surface area contributed by atoms with Crippen LogP contribution < -0.4 is 0 Å². The van der Waals surface area contributed by atoms with Gasteiger partial charge in [-0.25, -0.2) is 0 Å². The minimum absolute atomic E-state index is 0.0103. The molecule has 0 spiro atoms. The fourth-order valence-corrected chi connectivity index (χ4v) is 12.4. The second-order valence-corrected chi connectivity index (χ2v) is 33.9. The first-order valence-corrected chi connectivity index (χ1v) is 40.0. The van der Waals surface area contributed by atoms with Crippen molar-refractivity contribution in [2.24, 2.45) is 27.1 Å². The third-order valence-corrected chi connectivity index (χ3v) is 18.3. The van der Waals surface area contributed by atoms with Crippen LogP contribution in [0.1, 0.15) is 111 Å². The molecular formula is C87H134O32. The second kappa shape index (κ2) is 49.1. The van der Waals surface area contributed by atoms with Crippen molar-refractivity contribution in [1.82, 2.24) is 0 Å². The first-order valence-electron chi connectivity index (χ1n) is 40.0. The largest absolute Gasteiger partial charge is 0.457 e. The molecule has 5 fully saturated rings. The maximum Gasteiger partial charge on any atom is 0.311 e. The standard InChI is InChI=1S/C87H134O32/c1-27-37-95-47-53-59(63(100-42-32-6)68(73(89)106-53)115-78(90)83(12,13)14)111-75-70(117-80(92)85(18,19)20)65(102-44-34-8)61(55(108-75)49-97-39-29-3)113-77-72(119-82(94)87(24,25)26)67(104-46-36-10)62(57(110-77)51-99-41-31-5)114-76-71(118-81(93)86(21,22)23)66(103-45-35-9)60(56(109-76)50-98-40-30-4)112-74-69(116-79(91)84(15,16)17)64(101-43-33-7)58(105-52(11)88)54(107-74)48-96-38-28-2/h27-36,53-77,89H,1-10,37-51H2,11-26H3/t53-,54-,55-,56-,57-,58+,59+,60+,61+,62+,63+,64+,65+,66+,67+,68-,69-,70-,71-,72-,73-,74+,75+,76+,77+/m1/s1. The minimum atomic E-state index is -1.84. The zero-order valence-electron chi connectivity index (χ0n) is 72.5. The highest BCUT2D eigenvalue weighted by Gasteiger charge is 2.63. The van der Waals surface area contributed by atoms with Gasteiger partial charge in [-0.15, -0.1) is 65.8 Å². The zero-order chi connectivity index (χ0) is 88.8. The maximum absolute atomic E-state index is 15.1. The molecule has 5 saturated heterocycles. The van der Waals surface area contributed by atoms with Crippen LogP contribution in [0.15, 0.2) is 127 Å². The van der Waals surface area contributed by atoms with Gasteiger partial charge in [0, 0.05) is 6.92 Å².